The first-order chi connectivity index (χ1) is 15.7. The molecule has 5 aromatic rings. The van der Waals surface area contributed by atoms with Crippen LogP contribution in [0.2, 0.25) is 0 Å². The molecule has 1 amide bonds. The Morgan fingerprint density at radius 2 is 1.81 bits per heavy atom. The maximum Gasteiger partial charge on any atom is 0.272 e. The first-order valence-electron chi connectivity index (χ1n) is 10.5. The van der Waals surface area contributed by atoms with E-state index >= 15 is 0 Å². The number of aromatic nitrogens is 4. The van der Waals surface area contributed by atoms with Gasteiger partial charge in [0.05, 0.1) is 17.8 Å². The van der Waals surface area contributed by atoms with Crippen molar-refractivity contribution in [3.63, 3.8) is 0 Å². The summed E-state index contributed by atoms with van der Waals surface area (Å²) in [6.45, 7) is 3.18. The largest absolute Gasteiger partial charge is 0.348 e. The lowest BCUT2D eigenvalue weighted by atomic mass is 10.1. The fraction of sp³-hybridized carbons (Fsp3) is 0.115. The van der Waals surface area contributed by atoms with Crippen LogP contribution in [-0.2, 0) is 13.1 Å². The summed E-state index contributed by atoms with van der Waals surface area (Å²) < 4.78 is 4.03. The molecule has 0 fully saturated rings. The van der Waals surface area contributed by atoms with Gasteiger partial charge in [0.1, 0.15) is 5.82 Å². The van der Waals surface area contributed by atoms with E-state index in [0.717, 1.165) is 28.2 Å². The Hall–Kier alpha value is -4.19. The summed E-state index contributed by atoms with van der Waals surface area (Å²) in [5.74, 6) is 0.550. The molecule has 0 aliphatic rings. The highest BCUT2D eigenvalue weighted by atomic mass is 16.1. The van der Waals surface area contributed by atoms with Crippen LogP contribution in [-0.4, -0.2) is 24.8 Å². The minimum absolute atomic E-state index is 0.187. The summed E-state index contributed by atoms with van der Waals surface area (Å²) in [6, 6.07) is 21.8. The van der Waals surface area contributed by atoms with Gasteiger partial charge in [-0.15, -0.1) is 0 Å². The van der Waals surface area contributed by atoms with Crippen LogP contribution in [0.15, 0.2) is 91.5 Å². The van der Waals surface area contributed by atoms with Crippen molar-refractivity contribution in [1.82, 2.24) is 24.3 Å². The molecule has 0 radical (unpaired) electrons. The lowest BCUT2D eigenvalue weighted by Gasteiger charge is -2.04. The van der Waals surface area contributed by atoms with E-state index in [-0.39, 0.29) is 5.91 Å². The predicted octanol–water partition coefficient (Wildman–Crippen LogP) is 4.48. The Kier molecular flexibility index (Phi) is 5.25. The third-order valence-electron chi connectivity index (χ3n) is 5.42. The molecular weight excluding hydrogens is 398 g/mol. The number of pyridine rings is 2. The number of nitrogens with one attached hydrogen (secondary N) is 1. The monoisotopic (exact) mass is 421 g/mol. The normalized spacial score (nSPS) is 11.0. The smallest absolute Gasteiger partial charge is 0.272 e. The van der Waals surface area contributed by atoms with Gasteiger partial charge < -0.3 is 9.88 Å². The van der Waals surface area contributed by atoms with Crippen LogP contribution < -0.4 is 5.32 Å². The summed E-state index contributed by atoms with van der Waals surface area (Å²) in [5, 5.41) is 3.00. The average molecular weight is 422 g/mol. The molecule has 0 aliphatic carbocycles. The Bertz CT molecular complexity index is 1370. The Balaban J connectivity index is 1.41. The van der Waals surface area contributed by atoms with Gasteiger partial charge in [-0.3, -0.25) is 14.2 Å². The highest BCUT2D eigenvalue weighted by Gasteiger charge is 2.18. The van der Waals surface area contributed by atoms with Crippen molar-refractivity contribution in [2.24, 2.45) is 0 Å². The van der Waals surface area contributed by atoms with Gasteiger partial charge in [-0.25, -0.2) is 4.98 Å². The predicted molar refractivity (Wildman–Crippen MR) is 124 cm³/mol. The second-order valence-corrected chi connectivity index (χ2v) is 7.80. The number of fused-ring (bicyclic) bond motifs is 1. The first-order valence-corrected chi connectivity index (χ1v) is 10.5. The van der Waals surface area contributed by atoms with E-state index in [4.69, 9.17) is 4.98 Å². The third-order valence-corrected chi connectivity index (χ3v) is 5.42. The molecule has 5 rings (SSSR count). The number of carbonyl (C=O) groups excluding carboxylic acids is 1. The molecule has 1 aromatic carbocycles. The number of aryl methyl sites for hydroxylation is 1. The van der Waals surface area contributed by atoms with E-state index in [1.165, 1.54) is 5.56 Å². The lowest BCUT2D eigenvalue weighted by Crippen LogP contribution is -2.23. The second kappa shape index (κ2) is 8.51. The summed E-state index contributed by atoms with van der Waals surface area (Å²) >= 11 is 0. The van der Waals surface area contributed by atoms with Crippen molar-refractivity contribution in [3.05, 3.63) is 114 Å². The fourth-order valence-electron chi connectivity index (χ4n) is 3.73. The molecule has 6 heteroatoms. The van der Waals surface area contributed by atoms with E-state index in [2.05, 4.69) is 14.9 Å². The molecule has 0 spiro atoms. The topological polar surface area (TPSA) is 64.2 Å². The van der Waals surface area contributed by atoms with Crippen LogP contribution in [0.5, 0.6) is 0 Å². The molecule has 6 nitrogen and oxygen atoms in total. The van der Waals surface area contributed by atoms with Crippen molar-refractivity contribution in [1.29, 1.82) is 0 Å². The molecule has 0 saturated carbocycles. The molecule has 0 bridgehead atoms. The molecule has 32 heavy (non-hydrogen) atoms. The molecule has 1 N–H and O–H groups in total. The SMILES string of the molecule is Cc1ccc(CNC(=O)c2nc(-c3ccn(Cc4ccccn4)c3)n3ccccc23)cc1. The number of benzene rings is 1. The molecule has 0 unspecified atom stereocenters. The van der Waals surface area contributed by atoms with Gasteiger partial charge in [0.2, 0.25) is 0 Å². The van der Waals surface area contributed by atoms with E-state index in [1.54, 1.807) is 6.20 Å². The van der Waals surface area contributed by atoms with Crippen LogP contribution in [0.25, 0.3) is 16.9 Å². The lowest BCUT2D eigenvalue weighted by molar-refractivity contribution is 0.0948. The van der Waals surface area contributed by atoms with E-state index in [9.17, 15) is 4.79 Å². The molecule has 158 valence electrons. The van der Waals surface area contributed by atoms with Gasteiger partial charge in [-0.05, 0) is 42.8 Å². The maximum absolute atomic E-state index is 13.0. The molecule has 4 heterocycles. The van der Waals surface area contributed by atoms with E-state index in [0.29, 0.717) is 18.8 Å². The van der Waals surface area contributed by atoms with Crippen LogP contribution in [0.3, 0.4) is 0 Å². The van der Waals surface area contributed by atoms with Crippen molar-refractivity contribution < 1.29 is 4.79 Å². The van der Waals surface area contributed by atoms with Crippen LogP contribution in [0.1, 0.15) is 27.3 Å². The summed E-state index contributed by atoms with van der Waals surface area (Å²) in [6.07, 6.45) is 7.77. The van der Waals surface area contributed by atoms with Crippen molar-refractivity contribution >= 4 is 11.4 Å². The highest BCUT2D eigenvalue weighted by molar-refractivity contribution is 6.00. The Morgan fingerprint density at radius 3 is 2.62 bits per heavy atom. The molecule has 0 saturated heterocycles. The Morgan fingerprint density at radius 1 is 0.969 bits per heavy atom. The van der Waals surface area contributed by atoms with Gasteiger partial charge in [0.25, 0.3) is 5.91 Å². The number of imidazole rings is 1. The second-order valence-electron chi connectivity index (χ2n) is 7.80. The van der Waals surface area contributed by atoms with E-state index < -0.39 is 0 Å². The zero-order chi connectivity index (χ0) is 21.9. The van der Waals surface area contributed by atoms with Crippen LogP contribution in [0, 0.1) is 6.92 Å². The van der Waals surface area contributed by atoms with Crippen molar-refractivity contribution in [2.45, 2.75) is 20.0 Å². The minimum Gasteiger partial charge on any atom is -0.348 e. The number of nitrogens with zero attached hydrogens (tertiary/aromatic N) is 4. The highest BCUT2D eigenvalue weighted by Crippen LogP contribution is 2.23. The number of amides is 1. The molecule has 0 atom stereocenters. The average Bonchev–Trinajstić information content (AvgIpc) is 3.44. The number of hydrogen-bond donors (Lipinski definition) is 1. The zero-order valence-electron chi connectivity index (χ0n) is 17.8. The minimum atomic E-state index is -0.187. The number of rotatable bonds is 6. The number of hydrogen-bond acceptors (Lipinski definition) is 3. The van der Waals surface area contributed by atoms with Crippen molar-refractivity contribution in [3.8, 4) is 11.4 Å². The van der Waals surface area contributed by atoms with Gasteiger partial charge in [-0.1, -0.05) is 42.0 Å². The summed E-state index contributed by atoms with van der Waals surface area (Å²) in [5.41, 5.74) is 5.38. The maximum atomic E-state index is 13.0. The van der Waals surface area contributed by atoms with E-state index in [1.807, 2.05) is 96.6 Å². The quantitative estimate of drug-likeness (QED) is 0.440. The van der Waals surface area contributed by atoms with Gasteiger partial charge >= 0.3 is 0 Å². The van der Waals surface area contributed by atoms with Crippen molar-refractivity contribution in [2.75, 3.05) is 0 Å². The molecule has 0 aliphatic heterocycles. The Labute approximate surface area is 186 Å². The zero-order valence-corrected chi connectivity index (χ0v) is 17.8. The van der Waals surface area contributed by atoms with Crippen LogP contribution >= 0.6 is 0 Å². The third kappa shape index (κ3) is 4.03. The van der Waals surface area contributed by atoms with Gasteiger partial charge in [-0.2, -0.15) is 0 Å². The number of carbonyl (C=O) groups is 1. The van der Waals surface area contributed by atoms with Gasteiger partial charge in [0.15, 0.2) is 5.69 Å². The fourth-order valence-corrected chi connectivity index (χ4v) is 3.73. The van der Waals surface area contributed by atoms with Crippen LogP contribution in [0.4, 0.5) is 0 Å². The first kappa shape index (κ1) is 19.8. The standard InChI is InChI=1S/C26H23N5O/c1-19-8-10-20(11-9-19)16-28-26(32)24-23-7-3-5-14-31(23)25(29-24)21-12-15-30(17-21)18-22-6-2-4-13-27-22/h2-15,17H,16,18H2,1H3,(H,28,32). The molecular formula is C26H23N5O. The summed E-state index contributed by atoms with van der Waals surface area (Å²) in [4.78, 5) is 22.1. The molecule has 4 aromatic heterocycles. The summed E-state index contributed by atoms with van der Waals surface area (Å²) in [7, 11) is 0. The van der Waals surface area contributed by atoms with Gasteiger partial charge in [0, 0.05) is 36.9 Å².